The molecule has 8 atom stereocenters. The van der Waals surface area contributed by atoms with E-state index >= 15 is 0 Å². The zero-order chi connectivity index (χ0) is 41.9. The molecule has 0 saturated carbocycles. The summed E-state index contributed by atoms with van der Waals surface area (Å²) in [5.74, 6) is -3.08. The van der Waals surface area contributed by atoms with Crippen LogP contribution in [0.2, 0.25) is 0 Å². The molecule has 0 heterocycles. The van der Waals surface area contributed by atoms with Crippen LogP contribution >= 0.6 is 0 Å². The maximum absolute atomic E-state index is 13.3. The SMILES string of the molecule is CC(C)C[C@@H](CC(=O)O)NC(=O)C[C@H](C)NC(=O)C[C@@H](NC(=O)[C@@H](C)[C@H](C)NC(=O)C[C@H](CC(C)C)NC(=O)C[C@H](C)NC(=O)C[C@@H](N)C(C)C)C(C)C. The van der Waals surface area contributed by atoms with Crippen LogP contribution in [0.15, 0.2) is 0 Å². The minimum absolute atomic E-state index is 0.00944. The Morgan fingerprint density at radius 2 is 0.889 bits per heavy atom. The molecule has 0 aromatic carbocycles. The maximum Gasteiger partial charge on any atom is 0.305 e. The van der Waals surface area contributed by atoms with Crippen LogP contribution < -0.4 is 37.6 Å². The second-order valence-corrected chi connectivity index (χ2v) is 16.8. The van der Waals surface area contributed by atoms with Gasteiger partial charge in [-0.2, -0.15) is 0 Å². The molecule has 0 spiro atoms. The minimum atomic E-state index is -0.999. The first-order valence-electron chi connectivity index (χ1n) is 19.6. The summed E-state index contributed by atoms with van der Waals surface area (Å²) in [6, 6.07) is -3.23. The number of aliphatic carboxylic acids is 1. The van der Waals surface area contributed by atoms with Gasteiger partial charge in [0.2, 0.25) is 35.4 Å². The fourth-order valence-electron chi connectivity index (χ4n) is 5.94. The number of nitrogens with one attached hydrogen (secondary N) is 6. The van der Waals surface area contributed by atoms with E-state index in [1.807, 2.05) is 55.4 Å². The summed E-state index contributed by atoms with van der Waals surface area (Å²) >= 11 is 0. The summed E-state index contributed by atoms with van der Waals surface area (Å²) in [7, 11) is 0. The Kier molecular flexibility index (Phi) is 23.6. The highest BCUT2D eigenvalue weighted by molar-refractivity contribution is 5.84. The summed E-state index contributed by atoms with van der Waals surface area (Å²) in [6.45, 7) is 22.3. The molecule has 0 aromatic heterocycles. The molecule has 0 fully saturated rings. The fraction of sp³-hybridized carbons (Fsp3) is 0.821. The number of rotatable bonds is 26. The fourth-order valence-corrected chi connectivity index (χ4v) is 5.94. The highest BCUT2D eigenvalue weighted by atomic mass is 16.4. The highest BCUT2D eigenvalue weighted by Crippen LogP contribution is 2.14. The lowest BCUT2D eigenvalue weighted by Gasteiger charge is -2.28. The van der Waals surface area contributed by atoms with Crippen molar-refractivity contribution in [1.29, 1.82) is 0 Å². The lowest BCUT2D eigenvalue weighted by molar-refractivity contribution is -0.138. The average Bonchev–Trinajstić information content (AvgIpc) is 2.98. The summed E-state index contributed by atoms with van der Waals surface area (Å²) < 4.78 is 0. The molecule has 15 nitrogen and oxygen atoms in total. The Labute approximate surface area is 323 Å². The molecule has 15 heteroatoms. The number of nitrogens with two attached hydrogens (primary N) is 1. The molecule has 0 unspecified atom stereocenters. The van der Waals surface area contributed by atoms with Crippen molar-refractivity contribution in [3.8, 4) is 0 Å². The van der Waals surface area contributed by atoms with E-state index in [2.05, 4.69) is 31.9 Å². The van der Waals surface area contributed by atoms with E-state index in [4.69, 9.17) is 5.73 Å². The quantitative estimate of drug-likeness (QED) is 0.0645. The topological polar surface area (TPSA) is 238 Å². The Hall–Kier alpha value is -3.75. The standard InChI is InChI=1S/C39H73N7O8/c1-21(2)13-29(44-33(47)15-25(9)41-36(50)19-31(40)23(5)6)17-35(49)43-28(12)27(11)39(54)46-32(24(7)8)20-37(51)42-26(10)16-34(48)45-30(14-22(3)4)18-38(52)53/h21-32H,13-20,40H2,1-12H3,(H,41,50)(H,42,51)(H,43,49)(H,44,47)(H,45,48)(H,46,54)(H,52,53)/t25-,26-,27-,28-,29-,30-,31+,32+/m0/s1. The van der Waals surface area contributed by atoms with Gasteiger partial charge in [-0.05, 0) is 57.3 Å². The largest absolute Gasteiger partial charge is 0.481 e. The zero-order valence-corrected chi connectivity index (χ0v) is 35.0. The Morgan fingerprint density at radius 1 is 0.481 bits per heavy atom. The van der Waals surface area contributed by atoms with Crippen molar-refractivity contribution in [2.45, 2.75) is 177 Å². The van der Waals surface area contributed by atoms with Gasteiger partial charge in [-0.25, -0.2) is 0 Å². The van der Waals surface area contributed by atoms with Gasteiger partial charge in [0.05, 0.1) is 12.3 Å². The van der Waals surface area contributed by atoms with E-state index in [1.54, 1.807) is 27.7 Å². The Balaban J connectivity index is 5.13. The molecule has 0 radical (unpaired) electrons. The first-order chi connectivity index (χ1) is 24.9. The lowest BCUT2D eigenvalue weighted by Crippen LogP contribution is -2.50. The van der Waals surface area contributed by atoms with Gasteiger partial charge < -0.3 is 42.7 Å². The Bertz CT molecular complexity index is 1230. The van der Waals surface area contributed by atoms with Crippen LogP contribution in [-0.2, 0) is 33.6 Å². The van der Waals surface area contributed by atoms with Crippen LogP contribution in [0.3, 0.4) is 0 Å². The normalized spacial score (nSPS) is 16.0. The van der Waals surface area contributed by atoms with Gasteiger partial charge in [-0.15, -0.1) is 0 Å². The molecule has 0 aliphatic heterocycles. The smallest absolute Gasteiger partial charge is 0.305 e. The third-order valence-corrected chi connectivity index (χ3v) is 9.26. The Morgan fingerprint density at radius 3 is 1.30 bits per heavy atom. The highest BCUT2D eigenvalue weighted by Gasteiger charge is 2.28. The first-order valence-corrected chi connectivity index (χ1v) is 19.6. The molecule has 0 saturated heterocycles. The third kappa shape index (κ3) is 23.1. The summed E-state index contributed by atoms with van der Waals surface area (Å²) in [4.78, 5) is 88.3. The molecule has 312 valence electrons. The van der Waals surface area contributed by atoms with Crippen molar-refractivity contribution in [1.82, 2.24) is 31.9 Å². The van der Waals surface area contributed by atoms with E-state index in [9.17, 15) is 38.7 Å². The van der Waals surface area contributed by atoms with E-state index in [-0.39, 0.29) is 104 Å². The molecular formula is C39H73N7O8. The van der Waals surface area contributed by atoms with Crippen LogP contribution in [0.1, 0.15) is 134 Å². The molecule has 9 N–H and O–H groups in total. The van der Waals surface area contributed by atoms with Crippen LogP contribution in [0, 0.1) is 29.6 Å². The van der Waals surface area contributed by atoms with Gasteiger partial charge >= 0.3 is 5.97 Å². The number of hydrogen-bond donors (Lipinski definition) is 8. The van der Waals surface area contributed by atoms with Crippen molar-refractivity contribution >= 4 is 41.4 Å². The number of carbonyl (C=O) groups is 7. The third-order valence-electron chi connectivity index (χ3n) is 9.26. The maximum atomic E-state index is 13.3. The molecule has 0 bridgehead atoms. The van der Waals surface area contributed by atoms with E-state index in [0.29, 0.717) is 12.8 Å². The van der Waals surface area contributed by atoms with E-state index < -0.39 is 48.1 Å². The molecular weight excluding hydrogens is 694 g/mol. The molecule has 0 aromatic rings. The van der Waals surface area contributed by atoms with Crippen molar-refractivity contribution in [3.05, 3.63) is 0 Å². The second kappa shape index (κ2) is 25.4. The molecule has 54 heavy (non-hydrogen) atoms. The summed E-state index contributed by atoms with van der Waals surface area (Å²) in [5, 5.41) is 26.3. The van der Waals surface area contributed by atoms with Crippen molar-refractivity contribution < 1.29 is 38.7 Å². The van der Waals surface area contributed by atoms with Gasteiger partial charge in [0.15, 0.2) is 0 Å². The summed E-state index contributed by atoms with van der Waals surface area (Å²) in [6.07, 6.45) is 1.06. The van der Waals surface area contributed by atoms with Crippen molar-refractivity contribution in [2.24, 2.45) is 35.3 Å². The van der Waals surface area contributed by atoms with Crippen LogP contribution in [0.25, 0.3) is 0 Å². The molecule has 0 aliphatic rings. The summed E-state index contributed by atoms with van der Waals surface area (Å²) in [5.41, 5.74) is 5.99. The van der Waals surface area contributed by atoms with Crippen LogP contribution in [0.5, 0.6) is 0 Å². The molecule has 0 aliphatic carbocycles. The van der Waals surface area contributed by atoms with Crippen molar-refractivity contribution in [2.75, 3.05) is 0 Å². The van der Waals surface area contributed by atoms with Gasteiger partial charge in [-0.1, -0.05) is 62.3 Å². The van der Waals surface area contributed by atoms with Crippen molar-refractivity contribution in [3.63, 3.8) is 0 Å². The first kappa shape index (κ1) is 50.2. The van der Waals surface area contributed by atoms with Gasteiger partial charge in [-0.3, -0.25) is 33.6 Å². The number of carboxylic acid groups (broad SMARTS) is 1. The average molecular weight is 768 g/mol. The number of carboxylic acids is 1. The monoisotopic (exact) mass is 768 g/mol. The van der Waals surface area contributed by atoms with E-state index in [1.165, 1.54) is 0 Å². The minimum Gasteiger partial charge on any atom is -0.481 e. The van der Waals surface area contributed by atoms with Crippen LogP contribution in [-0.4, -0.2) is 88.8 Å². The predicted molar refractivity (Wildman–Crippen MR) is 210 cm³/mol. The number of carbonyl (C=O) groups excluding carboxylic acids is 6. The van der Waals surface area contributed by atoms with Gasteiger partial charge in [0, 0.05) is 74.4 Å². The predicted octanol–water partition coefficient (Wildman–Crippen LogP) is 2.75. The second-order valence-electron chi connectivity index (χ2n) is 16.8. The number of hydrogen-bond acceptors (Lipinski definition) is 8. The van der Waals surface area contributed by atoms with Crippen LogP contribution in [0.4, 0.5) is 0 Å². The zero-order valence-electron chi connectivity index (χ0n) is 35.0. The molecule has 6 amide bonds. The number of amides is 6. The molecule has 0 rings (SSSR count). The van der Waals surface area contributed by atoms with Gasteiger partial charge in [0.25, 0.3) is 0 Å². The van der Waals surface area contributed by atoms with E-state index in [0.717, 1.165) is 0 Å². The lowest BCUT2D eigenvalue weighted by atomic mass is 9.96. The van der Waals surface area contributed by atoms with Gasteiger partial charge in [0.1, 0.15) is 0 Å².